The van der Waals surface area contributed by atoms with Gasteiger partial charge >= 0.3 is 0 Å². The Balaban J connectivity index is 1.84. The highest BCUT2D eigenvalue weighted by Crippen LogP contribution is 2.12. The second kappa shape index (κ2) is 6.64. The lowest BCUT2D eigenvalue weighted by molar-refractivity contribution is 0.0923. The summed E-state index contributed by atoms with van der Waals surface area (Å²) in [5.74, 6) is 0.960. The van der Waals surface area contributed by atoms with Crippen molar-refractivity contribution >= 4 is 5.91 Å². The first-order valence-corrected chi connectivity index (χ1v) is 6.33. The lowest BCUT2D eigenvalue weighted by atomic mass is 10.2. The standard InChI is InChI=1S/C15H17NO3/c1-2-9-18-13-7-5-12(6-8-13)11-16-15(17)14-4-3-10-19-14/h3-8,10H,2,9,11H2,1H3,(H,16,17). The SMILES string of the molecule is CCCOc1ccc(CNC(=O)c2ccco2)cc1. The lowest BCUT2D eigenvalue weighted by Gasteiger charge is -2.06. The highest BCUT2D eigenvalue weighted by atomic mass is 16.5. The average Bonchev–Trinajstić information content (AvgIpc) is 2.98. The Morgan fingerprint density at radius 2 is 2.05 bits per heavy atom. The molecule has 0 saturated heterocycles. The third kappa shape index (κ3) is 3.88. The van der Waals surface area contributed by atoms with Crippen LogP contribution in [0.3, 0.4) is 0 Å². The summed E-state index contributed by atoms with van der Waals surface area (Å²) in [6.45, 7) is 3.25. The van der Waals surface area contributed by atoms with E-state index in [0.717, 1.165) is 17.7 Å². The van der Waals surface area contributed by atoms with Crippen LogP contribution in [0.2, 0.25) is 0 Å². The van der Waals surface area contributed by atoms with E-state index in [1.807, 2.05) is 24.3 Å². The van der Waals surface area contributed by atoms with E-state index in [4.69, 9.17) is 9.15 Å². The Morgan fingerprint density at radius 3 is 2.68 bits per heavy atom. The van der Waals surface area contributed by atoms with Gasteiger partial charge in [0.2, 0.25) is 0 Å². The molecule has 0 bridgehead atoms. The zero-order valence-corrected chi connectivity index (χ0v) is 10.9. The largest absolute Gasteiger partial charge is 0.494 e. The van der Waals surface area contributed by atoms with Crippen molar-refractivity contribution in [2.45, 2.75) is 19.9 Å². The van der Waals surface area contributed by atoms with Crippen molar-refractivity contribution in [3.63, 3.8) is 0 Å². The monoisotopic (exact) mass is 259 g/mol. The van der Waals surface area contributed by atoms with E-state index >= 15 is 0 Å². The third-order valence-corrected chi connectivity index (χ3v) is 2.59. The molecule has 0 unspecified atom stereocenters. The first-order chi connectivity index (χ1) is 9.29. The van der Waals surface area contributed by atoms with E-state index in [1.54, 1.807) is 12.1 Å². The fourth-order valence-electron chi connectivity index (χ4n) is 1.60. The molecule has 0 spiro atoms. The summed E-state index contributed by atoms with van der Waals surface area (Å²) < 4.78 is 10.5. The first-order valence-electron chi connectivity index (χ1n) is 6.33. The van der Waals surface area contributed by atoms with Crippen molar-refractivity contribution in [1.29, 1.82) is 0 Å². The quantitative estimate of drug-likeness (QED) is 0.867. The Kier molecular flexibility index (Phi) is 4.61. The number of ether oxygens (including phenoxy) is 1. The fraction of sp³-hybridized carbons (Fsp3) is 0.267. The molecule has 2 aromatic rings. The number of amides is 1. The molecule has 4 heteroatoms. The maximum absolute atomic E-state index is 11.7. The molecule has 4 nitrogen and oxygen atoms in total. The van der Waals surface area contributed by atoms with Crippen molar-refractivity contribution in [3.05, 3.63) is 54.0 Å². The van der Waals surface area contributed by atoms with E-state index in [9.17, 15) is 4.79 Å². The minimum atomic E-state index is -0.212. The van der Waals surface area contributed by atoms with Crippen LogP contribution in [-0.2, 0) is 6.54 Å². The van der Waals surface area contributed by atoms with Crippen LogP contribution in [-0.4, -0.2) is 12.5 Å². The zero-order valence-electron chi connectivity index (χ0n) is 10.9. The number of carbonyl (C=O) groups is 1. The molecule has 1 heterocycles. The molecular weight excluding hydrogens is 242 g/mol. The topological polar surface area (TPSA) is 51.5 Å². The Hall–Kier alpha value is -2.23. The number of rotatable bonds is 6. The first kappa shape index (κ1) is 13.2. The number of hydrogen-bond donors (Lipinski definition) is 1. The summed E-state index contributed by atoms with van der Waals surface area (Å²) >= 11 is 0. The summed E-state index contributed by atoms with van der Waals surface area (Å²) in [6, 6.07) is 11.0. The van der Waals surface area contributed by atoms with Crippen molar-refractivity contribution in [1.82, 2.24) is 5.32 Å². The van der Waals surface area contributed by atoms with Crippen LogP contribution in [0.4, 0.5) is 0 Å². The number of furan rings is 1. The van der Waals surface area contributed by atoms with Gasteiger partial charge < -0.3 is 14.5 Å². The molecule has 1 aromatic carbocycles. The fourth-order valence-corrected chi connectivity index (χ4v) is 1.60. The predicted octanol–water partition coefficient (Wildman–Crippen LogP) is 3.00. The summed E-state index contributed by atoms with van der Waals surface area (Å²) in [5, 5.41) is 2.79. The molecule has 0 saturated carbocycles. The van der Waals surface area contributed by atoms with Crippen LogP contribution in [0, 0.1) is 0 Å². The van der Waals surface area contributed by atoms with E-state index in [0.29, 0.717) is 18.9 Å². The van der Waals surface area contributed by atoms with Crippen molar-refractivity contribution in [2.75, 3.05) is 6.61 Å². The van der Waals surface area contributed by atoms with E-state index in [-0.39, 0.29) is 5.91 Å². The molecule has 0 fully saturated rings. The van der Waals surface area contributed by atoms with Gasteiger partial charge in [0, 0.05) is 6.54 Å². The Labute approximate surface area is 112 Å². The highest BCUT2D eigenvalue weighted by Gasteiger charge is 2.07. The van der Waals surface area contributed by atoms with Crippen LogP contribution in [0.5, 0.6) is 5.75 Å². The van der Waals surface area contributed by atoms with Crippen molar-refractivity contribution in [2.24, 2.45) is 0 Å². The molecule has 0 atom stereocenters. The third-order valence-electron chi connectivity index (χ3n) is 2.59. The second-order valence-electron chi connectivity index (χ2n) is 4.15. The van der Waals surface area contributed by atoms with Gasteiger partial charge in [-0.3, -0.25) is 4.79 Å². The summed E-state index contributed by atoms with van der Waals surface area (Å²) in [6.07, 6.45) is 2.47. The molecule has 1 N–H and O–H groups in total. The number of benzene rings is 1. The number of hydrogen-bond acceptors (Lipinski definition) is 3. The normalized spacial score (nSPS) is 10.2. The number of nitrogens with one attached hydrogen (secondary N) is 1. The van der Waals surface area contributed by atoms with Gasteiger partial charge in [-0.05, 0) is 36.2 Å². The van der Waals surface area contributed by atoms with Gasteiger partial charge in [0.25, 0.3) is 5.91 Å². The predicted molar refractivity (Wildman–Crippen MR) is 72.1 cm³/mol. The van der Waals surface area contributed by atoms with Crippen LogP contribution in [0.1, 0.15) is 29.5 Å². The number of carbonyl (C=O) groups excluding carboxylic acids is 1. The van der Waals surface area contributed by atoms with Gasteiger partial charge in [-0.25, -0.2) is 0 Å². The van der Waals surface area contributed by atoms with Crippen molar-refractivity contribution < 1.29 is 13.9 Å². The Bertz CT molecular complexity index is 503. The maximum Gasteiger partial charge on any atom is 0.287 e. The average molecular weight is 259 g/mol. The minimum absolute atomic E-state index is 0.212. The smallest absolute Gasteiger partial charge is 0.287 e. The van der Waals surface area contributed by atoms with Crippen LogP contribution >= 0.6 is 0 Å². The minimum Gasteiger partial charge on any atom is -0.494 e. The van der Waals surface area contributed by atoms with Gasteiger partial charge in [0.05, 0.1) is 12.9 Å². The van der Waals surface area contributed by atoms with Gasteiger partial charge in [-0.2, -0.15) is 0 Å². The molecule has 0 aliphatic carbocycles. The van der Waals surface area contributed by atoms with Gasteiger partial charge in [-0.1, -0.05) is 19.1 Å². The summed E-state index contributed by atoms with van der Waals surface area (Å²) in [4.78, 5) is 11.7. The molecule has 0 aliphatic rings. The summed E-state index contributed by atoms with van der Waals surface area (Å²) in [5.41, 5.74) is 1.02. The molecule has 100 valence electrons. The molecule has 1 amide bonds. The second-order valence-corrected chi connectivity index (χ2v) is 4.15. The van der Waals surface area contributed by atoms with Crippen LogP contribution in [0.15, 0.2) is 47.1 Å². The highest BCUT2D eigenvalue weighted by molar-refractivity contribution is 5.91. The zero-order chi connectivity index (χ0) is 13.5. The van der Waals surface area contributed by atoms with Crippen LogP contribution in [0.25, 0.3) is 0 Å². The van der Waals surface area contributed by atoms with E-state index < -0.39 is 0 Å². The molecule has 0 aliphatic heterocycles. The maximum atomic E-state index is 11.7. The van der Waals surface area contributed by atoms with E-state index in [2.05, 4.69) is 12.2 Å². The summed E-state index contributed by atoms with van der Waals surface area (Å²) in [7, 11) is 0. The van der Waals surface area contributed by atoms with Gasteiger partial charge in [-0.15, -0.1) is 0 Å². The molecule has 0 radical (unpaired) electrons. The lowest BCUT2D eigenvalue weighted by Crippen LogP contribution is -2.22. The molecule has 19 heavy (non-hydrogen) atoms. The molecular formula is C15H17NO3. The van der Waals surface area contributed by atoms with E-state index in [1.165, 1.54) is 6.26 Å². The molecule has 1 aromatic heterocycles. The van der Waals surface area contributed by atoms with Gasteiger partial charge in [0.15, 0.2) is 5.76 Å². The van der Waals surface area contributed by atoms with Gasteiger partial charge in [0.1, 0.15) is 5.75 Å². The molecule has 2 rings (SSSR count). The Morgan fingerprint density at radius 1 is 1.26 bits per heavy atom. The van der Waals surface area contributed by atoms with Crippen molar-refractivity contribution in [3.8, 4) is 5.75 Å². The van der Waals surface area contributed by atoms with Crippen LogP contribution < -0.4 is 10.1 Å².